The molecular formula is C15H25NO3. The molecule has 0 fully saturated rings. The lowest BCUT2D eigenvalue weighted by molar-refractivity contribution is 0.0545. The molecule has 0 aromatic heterocycles. The van der Waals surface area contributed by atoms with Gasteiger partial charge < -0.3 is 19.1 Å². The largest absolute Gasteiger partial charge is 0.489 e. The molecule has 0 spiro atoms. The third-order valence-corrected chi connectivity index (χ3v) is 2.89. The van der Waals surface area contributed by atoms with E-state index in [0.29, 0.717) is 26.4 Å². The van der Waals surface area contributed by atoms with Crippen LogP contribution >= 0.6 is 0 Å². The smallest absolute Gasteiger partial charge is 0.142 e. The van der Waals surface area contributed by atoms with Crippen molar-refractivity contribution in [1.29, 1.82) is 0 Å². The van der Waals surface area contributed by atoms with E-state index in [0.717, 1.165) is 24.5 Å². The molecule has 108 valence electrons. The fourth-order valence-corrected chi connectivity index (χ4v) is 1.86. The lowest BCUT2D eigenvalue weighted by Gasteiger charge is -2.23. The summed E-state index contributed by atoms with van der Waals surface area (Å²) in [6, 6.07) is 8.13. The van der Waals surface area contributed by atoms with Crippen molar-refractivity contribution >= 4 is 5.69 Å². The molecular weight excluding hydrogens is 242 g/mol. The highest BCUT2D eigenvalue weighted by molar-refractivity contribution is 5.58. The van der Waals surface area contributed by atoms with Crippen LogP contribution in [-0.2, 0) is 9.47 Å². The quantitative estimate of drug-likeness (QED) is 0.610. The number of methoxy groups -OCH3 is 1. The molecule has 4 heteroatoms. The van der Waals surface area contributed by atoms with Crippen molar-refractivity contribution in [2.75, 3.05) is 51.5 Å². The molecule has 0 aliphatic heterocycles. The van der Waals surface area contributed by atoms with Crippen LogP contribution in [0.15, 0.2) is 24.3 Å². The van der Waals surface area contributed by atoms with Crippen molar-refractivity contribution in [2.45, 2.75) is 13.8 Å². The molecule has 0 heterocycles. The minimum atomic E-state index is 0.558. The topological polar surface area (TPSA) is 30.9 Å². The standard InChI is InChI=1S/C15H25NO3/c1-4-16(5-2)14-8-6-7-9-15(14)19-13-12-18-11-10-17-3/h6-9H,4-5,10-13H2,1-3H3. The summed E-state index contributed by atoms with van der Waals surface area (Å²) in [5.74, 6) is 0.918. The van der Waals surface area contributed by atoms with Crippen LogP contribution in [-0.4, -0.2) is 46.6 Å². The van der Waals surface area contributed by atoms with Gasteiger partial charge in [-0.3, -0.25) is 0 Å². The SMILES string of the molecule is CCN(CC)c1ccccc1OCCOCCOC. The molecule has 1 aromatic carbocycles. The second-order valence-electron chi connectivity index (χ2n) is 4.09. The Bertz CT molecular complexity index is 340. The summed E-state index contributed by atoms with van der Waals surface area (Å²) in [6.45, 7) is 8.61. The molecule has 1 rings (SSSR count). The van der Waals surface area contributed by atoms with Crippen molar-refractivity contribution in [2.24, 2.45) is 0 Å². The number of benzene rings is 1. The van der Waals surface area contributed by atoms with E-state index in [1.54, 1.807) is 7.11 Å². The summed E-state index contributed by atoms with van der Waals surface area (Å²) in [5, 5.41) is 0. The Balaban J connectivity index is 2.44. The van der Waals surface area contributed by atoms with Crippen molar-refractivity contribution in [3.8, 4) is 5.75 Å². The number of para-hydroxylation sites is 2. The van der Waals surface area contributed by atoms with Crippen LogP contribution in [0.4, 0.5) is 5.69 Å². The fraction of sp³-hybridized carbons (Fsp3) is 0.600. The van der Waals surface area contributed by atoms with E-state index in [1.165, 1.54) is 0 Å². The Morgan fingerprint density at radius 1 is 0.947 bits per heavy atom. The highest BCUT2D eigenvalue weighted by Crippen LogP contribution is 2.27. The zero-order valence-electron chi connectivity index (χ0n) is 12.2. The van der Waals surface area contributed by atoms with Gasteiger partial charge in [0, 0.05) is 20.2 Å². The minimum Gasteiger partial charge on any atom is -0.489 e. The Labute approximate surface area is 116 Å². The summed E-state index contributed by atoms with van der Waals surface area (Å²) in [5.41, 5.74) is 1.14. The molecule has 0 amide bonds. The first-order valence-corrected chi connectivity index (χ1v) is 6.86. The van der Waals surface area contributed by atoms with E-state index in [2.05, 4.69) is 24.8 Å². The van der Waals surface area contributed by atoms with Gasteiger partial charge in [0.1, 0.15) is 12.4 Å². The number of anilines is 1. The molecule has 19 heavy (non-hydrogen) atoms. The van der Waals surface area contributed by atoms with Gasteiger partial charge in [0.2, 0.25) is 0 Å². The molecule has 0 aliphatic rings. The van der Waals surface area contributed by atoms with Crippen molar-refractivity contribution in [1.82, 2.24) is 0 Å². The fourth-order valence-electron chi connectivity index (χ4n) is 1.86. The predicted octanol–water partition coefficient (Wildman–Crippen LogP) is 2.57. The van der Waals surface area contributed by atoms with Crippen molar-refractivity contribution in [3.63, 3.8) is 0 Å². The lowest BCUT2D eigenvalue weighted by atomic mass is 10.2. The Hall–Kier alpha value is -1.26. The zero-order valence-corrected chi connectivity index (χ0v) is 12.2. The van der Waals surface area contributed by atoms with E-state index in [1.807, 2.05) is 18.2 Å². The second kappa shape index (κ2) is 9.64. The van der Waals surface area contributed by atoms with Crippen LogP contribution in [0.1, 0.15) is 13.8 Å². The molecule has 0 bridgehead atoms. The summed E-state index contributed by atoms with van der Waals surface area (Å²) >= 11 is 0. The van der Waals surface area contributed by atoms with E-state index in [-0.39, 0.29) is 0 Å². The van der Waals surface area contributed by atoms with Gasteiger partial charge in [-0.2, -0.15) is 0 Å². The van der Waals surface area contributed by atoms with E-state index in [9.17, 15) is 0 Å². The molecule has 0 saturated heterocycles. The Morgan fingerprint density at radius 3 is 2.32 bits per heavy atom. The maximum atomic E-state index is 5.79. The van der Waals surface area contributed by atoms with Crippen LogP contribution < -0.4 is 9.64 Å². The normalized spacial score (nSPS) is 10.5. The predicted molar refractivity (Wildman–Crippen MR) is 78.2 cm³/mol. The second-order valence-corrected chi connectivity index (χ2v) is 4.09. The first kappa shape index (κ1) is 15.8. The third kappa shape index (κ3) is 5.49. The Morgan fingerprint density at radius 2 is 1.63 bits per heavy atom. The Kier molecular flexibility index (Phi) is 8.02. The monoisotopic (exact) mass is 267 g/mol. The molecule has 4 nitrogen and oxygen atoms in total. The number of nitrogens with zero attached hydrogens (tertiary/aromatic N) is 1. The van der Waals surface area contributed by atoms with Crippen LogP contribution in [0, 0.1) is 0 Å². The summed E-state index contributed by atoms with van der Waals surface area (Å²) in [7, 11) is 1.67. The number of hydrogen-bond donors (Lipinski definition) is 0. The van der Waals surface area contributed by atoms with Gasteiger partial charge >= 0.3 is 0 Å². The summed E-state index contributed by atoms with van der Waals surface area (Å²) in [6.07, 6.45) is 0. The van der Waals surface area contributed by atoms with Crippen molar-refractivity contribution < 1.29 is 14.2 Å². The average molecular weight is 267 g/mol. The summed E-state index contributed by atoms with van der Waals surface area (Å²) in [4.78, 5) is 2.28. The first-order chi connectivity index (χ1) is 9.33. The van der Waals surface area contributed by atoms with Crippen LogP contribution in [0.3, 0.4) is 0 Å². The number of hydrogen-bond acceptors (Lipinski definition) is 4. The van der Waals surface area contributed by atoms with Gasteiger partial charge in [-0.15, -0.1) is 0 Å². The number of ether oxygens (including phenoxy) is 3. The molecule has 0 unspecified atom stereocenters. The number of rotatable bonds is 10. The molecule has 0 radical (unpaired) electrons. The molecule has 0 atom stereocenters. The van der Waals surface area contributed by atoms with Gasteiger partial charge in [-0.05, 0) is 26.0 Å². The highest BCUT2D eigenvalue weighted by atomic mass is 16.5. The van der Waals surface area contributed by atoms with Gasteiger partial charge in [0.25, 0.3) is 0 Å². The van der Waals surface area contributed by atoms with Crippen LogP contribution in [0.5, 0.6) is 5.75 Å². The molecule has 1 aromatic rings. The zero-order chi connectivity index (χ0) is 13.9. The van der Waals surface area contributed by atoms with Crippen LogP contribution in [0.25, 0.3) is 0 Å². The lowest BCUT2D eigenvalue weighted by Crippen LogP contribution is -2.22. The highest BCUT2D eigenvalue weighted by Gasteiger charge is 2.08. The van der Waals surface area contributed by atoms with E-state index < -0.39 is 0 Å². The molecule has 0 aliphatic carbocycles. The van der Waals surface area contributed by atoms with Gasteiger partial charge in [-0.1, -0.05) is 12.1 Å². The summed E-state index contributed by atoms with van der Waals surface area (Å²) < 4.78 is 16.1. The average Bonchev–Trinajstić information content (AvgIpc) is 2.45. The van der Waals surface area contributed by atoms with Gasteiger partial charge in [0.15, 0.2) is 0 Å². The van der Waals surface area contributed by atoms with E-state index in [4.69, 9.17) is 14.2 Å². The maximum absolute atomic E-state index is 5.79. The minimum absolute atomic E-state index is 0.558. The maximum Gasteiger partial charge on any atom is 0.142 e. The van der Waals surface area contributed by atoms with Gasteiger partial charge in [-0.25, -0.2) is 0 Å². The van der Waals surface area contributed by atoms with E-state index >= 15 is 0 Å². The third-order valence-electron chi connectivity index (χ3n) is 2.89. The molecule has 0 saturated carbocycles. The van der Waals surface area contributed by atoms with Gasteiger partial charge in [0.05, 0.1) is 25.5 Å². The molecule has 0 N–H and O–H groups in total. The first-order valence-electron chi connectivity index (χ1n) is 6.86. The van der Waals surface area contributed by atoms with Crippen molar-refractivity contribution in [3.05, 3.63) is 24.3 Å². The van der Waals surface area contributed by atoms with Crippen LogP contribution in [0.2, 0.25) is 0 Å².